The summed E-state index contributed by atoms with van der Waals surface area (Å²) in [6.07, 6.45) is -3.24. The first-order valence-corrected chi connectivity index (χ1v) is 5.99. The maximum absolute atomic E-state index is 12.7. The lowest BCUT2D eigenvalue weighted by atomic mass is 9.97. The summed E-state index contributed by atoms with van der Waals surface area (Å²) in [4.78, 5) is 0. The smallest absolute Gasteiger partial charge is 0.372 e. The quantitative estimate of drug-likeness (QED) is 0.615. The zero-order valence-corrected chi connectivity index (χ0v) is 10.4. The number of benzene rings is 1. The van der Waals surface area contributed by atoms with Crippen molar-refractivity contribution in [2.75, 3.05) is 19.8 Å². The van der Waals surface area contributed by atoms with E-state index in [2.05, 4.69) is 4.74 Å². The Morgan fingerprint density at radius 2 is 1.79 bits per heavy atom. The first kappa shape index (κ1) is 15.9. The fourth-order valence-corrected chi connectivity index (χ4v) is 1.69. The van der Waals surface area contributed by atoms with Crippen molar-refractivity contribution in [3.8, 4) is 0 Å². The van der Waals surface area contributed by atoms with Gasteiger partial charge >= 0.3 is 6.18 Å². The predicted octanol–water partition coefficient (Wildman–Crippen LogP) is 2.91. The van der Waals surface area contributed by atoms with Crippen molar-refractivity contribution >= 4 is 0 Å². The first-order valence-electron chi connectivity index (χ1n) is 5.99. The van der Waals surface area contributed by atoms with E-state index < -0.39 is 12.8 Å². The average molecular weight is 279 g/mol. The second kappa shape index (κ2) is 7.45. The summed E-state index contributed by atoms with van der Waals surface area (Å²) in [5, 5.41) is 0. The minimum atomic E-state index is -4.30. The van der Waals surface area contributed by atoms with Crippen LogP contribution in [0.25, 0.3) is 0 Å². The van der Waals surface area contributed by atoms with E-state index >= 15 is 0 Å². The molecule has 0 heterocycles. The molecule has 0 aromatic heterocycles. The van der Waals surface area contributed by atoms with Gasteiger partial charge in [0.2, 0.25) is 0 Å². The third kappa shape index (κ3) is 7.12. The van der Waals surface area contributed by atoms with Crippen LogP contribution in [0.15, 0.2) is 24.3 Å². The highest BCUT2D eigenvalue weighted by molar-refractivity contribution is 5.16. The molecule has 1 atom stereocenters. The minimum absolute atomic E-state index is 0.0164. The molecule has 0 aliphatic rings. The van der Waals surface area contributed by atoms with Crippen molar-refractivity contribution < 1.29 is 22.3 Å². The minimum Gasteiger partial charge on any atom is -0.372 e. The summed E-state index contributed by atoms with van der Waals surface area (Å²) in [5.41, 5.74) is 6.48. The Labute approximate surface area is 109 Å². The summed E-state index contributed by atoms with van der Waals surface area (Å²) in [6.45, 7) is -0.865. The molecule has 0 bridgehead atoms. The number of hydrogen-bond donors (Lipinski definition) is 1. The highest BCUT2D eigenvalue weighted by Gasteiger charge is 2.27. The third-order valence-corrected chi connectivity index (χ3v) is 2.71. The Kier molecular flexibility index (Phi) is 6.24. The van der Waals surface area contributed by atoms with Gasteiger partial charge in [-0.25, -0.2) is 4.39 Å². The SMILES string of the molecule is NCC(CCOCC(F)(F)F)Cc1ccc(F)cc1. The van der Waals surface area contributed by atoms with Gasteiger partial charge in [-0.15, -0.1) is 0 Å². The van der Waals surface area contributed by atoms with Crippen LogP contribution in [0.3, 0.4) is 0 Å². The standard InChI is InChI=1S/C13H17F4NO/c14-12-3-1-10(2-4-12)7-11(8-18)5-6-19-9-13(15,16)17/h1-4,11H,5-9,18H2. The van der Waals surface area contributed by atoms with Crippen LogP contribution in [0.2, 0.25) is 0 Å². The number of nitrogens with two attached hydrogens (primary N) is 1. The largest absolute Gasteiger partial charge is 0.411 e. The van der Waals surface area contributed by atoms with E-state index in [0.717, 1.165) is 5.56 Å². The van der Waals surface area contributed by atoms with Crippen LogP contribution < -0.4 is 5.73 Å². The van der Waals surface area contributed by atoms with Crippen molar-refractivity contribution in [3.63, 3.8) is 0 Å². The van der Waals surface area contributed by atoms with Crippen LogP contribution in [0.1, 0.15) is 12.0 Å². The maximum atomic E-state index is 12.7. The van der Waals surface area contributed by atoms with Crippen LogP contribution in [-0.4, -0.2) is 25.9 Å². The summed E-state index contributed by atoms with van der Waals surface area (Å²) < 4.78 is 52.8. The average Bonchev–Trinajstić information content (AvgIpc) is 2.34. The molecule has 0 aliphatic carbocycles. The molecule has 0 spiro atoms. The molecule has 6 heteroatoms. The molecule has 1 aromatic carbocycles. The monoisotopic (exact) mass is 279 g/mol. The van der Waals surface area contributed by atoms with E-state index in [9.17, 15) is 17.6 Å². The maximum Gasteiger partial charge on any atom is 0.411 e. The second-order valence-electron chi connectivity index (χ2n) is 4.39. The third-order valence-electron chi connectivity index (χ3n) is 2.71. The van der Waals surface area contributed by atoms with Crippen LogP contribution >= 0.6 is 0 Å². The molecule has 0 aliphatic heterocycles. The molecule has 19 heavy (non-hydrogen) atoms. The highest BCUT2D eigenvalue weighted by atomic mass is 19.4. The second-order valence-corrected chi connectivity index (χ2v) is 4.39. The number of rotatable bonds is 7. The van der Waals surface area contributed by atoms with Crippen molar-refractivity contribution in [2.45, 2.75) is 19.0 Å². The predicted molar refractivity (Wildman–Crippen MR) is 64.1 cm³/mol. The van der Waals surface area contributed by atoms with Crippen molar-refractivity contribution in [1.82, 2.24) is 0 Å². The molecular formula is C13H17F4NO. The summed E-state index contributed by atoms with van der Waals surface area (Å²) in [5.74, 6) is -0.291. The van der Waals surface area contributed by atoms with E-state index in [4.69, 9.17) is 5.73 Å². The normalized spacial score (nSPS) is 13.5. The lowest BCUT2D eigenvalue weighted by Crippen LogP contribution is -2.22. The Hall–Kier alpha value is -1.14. The number of halogens is 4. The molecule has 2 N–H and O–H groups in total. The van der Waals surface area contributed by atoms with Gasteiger partial charge in [0.1, 0.15) is 12.4 Å². The van der Waals surface area contributed by atoms with E-state index in [0.29, 0.717) is 19.4 Å². The van der Waals surface area contributed by atoms with Crippen LogP contribution in [0.5, 0.6) is 0 Å². The number of alkyl halides is 3. The molecule has 0 amide bonds. The Bertz CT molecular complexity index is 364. The van der Waals surface area contributed by atoms with Gasteiger partial charge in [0.05, 0.1) is 0 Å². The zero-order valence-electron chi connectivity index (χ0n) is 10.4. The van der Waals surface area contributed by atoms with Crippen LogP contribution in [0, 0.1) is 11.7 Å². The highest BCUT2D eigenvalue weighted by Crippen LogP contribution is 2.16. The Morgan fingerprint density at radius 1 is 1.16 bits per heavy atom. The molecular weight excluding hydrogens is 262 g/mol. The van der Waals surface area contributed by atoms with Crippen molar-refractivity contribution in [2.24, 2.45) is 11.7 Å². The van der Waals surface area contributed by atoms with Crippen molar-refractivity contribution in [3.05, 3.63) is 35.6 Å². The summed E-state index contributed by atoms with van der Waals surface area (Å²) in [6, 6.07) is 6.00. The Morgan fingerprint density at radius 3 is 2.32 bits per heavy atom. The fourth-order valence-electron chi connectivity index (χ4n) is 1.69. The topological polar surface area (TPSA) is 35.2 Å². The fraction of sp³-hybridized carbons (Fsp3) is 0.538. The van der Waals surface area contributed by atoms with Gasteiger partial charge < -0.3 is 10.5 Å². The summed E-state index contributed by atoms with van der Waals surface area (Å²) >= 11 is 0. The van der Waals surface area contributed by atoms with E-state index in [1.165, 1.54) is 12.1 Å². The first-order chi connectivity index (χ1) is 8.90. The van der Waals surface area contributed by atoms with Crippen molar-refractivity contribution in [1.29, 1.82) is 0 Å². The van der Waals surface area contributed by atoms with Gasteiger partial charge in [0, 0.05) is 6.61 Å². The zero-order chi connectivity index (χ0) is 14.3. The van der Waals surface area contributed by atoms with Gasteiger partial charge in [-0.1, -0.05) is 12.1 Å². The molecule has 1 aromatic rings. The molecule has 0 radical (unpaired) electrons. The molecule has 0 saturated heterocycles. The molecule has 0 saturated carbocycles. The molecule has 108 valence electrons. The number of ether oxygens (including phenoxy) is 1. The molecule has 1 unspecified atom stereocenters. The van der Waals surface area contributed by atoms with Gasteiger partial charge in [-0.2, -0.15) is 13.2 Å². The molecule has 0 fully saturated rings. The summed E-state index contributed by atoms with van der Waals surface area (Å²) in [7, 11) is 0. The van der Waals surface area contributed by atoms with Crippen LogP contribution in [0.4, 0.5) is 17.6 Å². The lowest BCUT2D eigenvalue weighted by Gasteiger charge is -2.15. The number of hydrogen-bond acceptors (Lipinski definition) is 2. The van der Waals surface area contributed by atoms with Gasteiger partial charge in [-0.3, -0.25) is 0 Å². The lowest BCUT2D eigenvalue weighted by molar-refractivity contribution is -0.174. The van der Waals surface area contributed by atoms with Gasteiger partial charge in [0.25, 0.3) is 0 Å². The van der Waals surface area contributed by atoms with E-state index in [-0.39, 0.29) is 18.3 Å². The Balaban J connectivity index is 2.31. The van der Waals surface area contributed by atoms with E-state index in [1.807, 2.05) is 0 Å². The molecule has 2 nitrogen and oxygen atoms in total. The van der Waals surface area contributed by atoms with E-state index in [1.54, 1.807) is 12.1 Å². The van der Waals surface area contributed by atoms with Gasteiger partial charge in [-0.05, 0) is 43.0 Å². The molecule has 1 rings (SSSR count). The van der Waals surface area contributed by atoms with Crippen LogP contribution in [-0.2, 0) is 11.2 Å². The van der Waals surface area contributed by atoms with Gasteiger partial charge in [0.15, 0.2) is 0 Å².